The summed E-state index contributed by atoms with van der Waals surface area (Å²) in [4.78, 5) is 12.1. The zero-order chi connectivity index (χ0) is 15.4. The highest BCUT2D eigenvalue weighted by Crippen LogP contribution is 2.22. The number of carbonyl (C=O) groups is 1. The standard InChI is InChI=1S/C16H17ClN2O2/c1-10-3-6-13(7-4-10)21-11(2)16(20)19-12-5-8-14(17)15(18)9-12/h3-9,11H,18H2,1-2H3,(H,19,20). The third-order valence-electron chi connectivity index (χ3n) is 2.97. The molecule has 0 aliphatic carbocycles. The summed E-state index contributed by atoms with van der Waals surface area (Å²) in [6.07, 6.45) is -0.621. The molecule has 3 N–H and O–H groups in total. The van der Waals surface area contributed by atoms with Gasteiger partial charge in [0.25, 0.3) is 5.91 Å². The van der Waals surface area contributed by atoms with E-state index in [0.29, 0.717) is 22.1 Å². The van der Waals surface area contributed by atoms with Crippen molar-refractivity contribution in [3.8, 4) is 5.75 Å². The average molecular weight is 305 g/mol. The van der Waals surface area contributed by atoms with Gasteiger partial charge in [-0.2, -0.15) is 0 Å². The van der Waals surface area contributed by atoms with Gasteiger partial charge >= 0.3 is 0 Å². The molecular formula is C16H17ClN2O2. The van der Waals surface area contributed by atoms with Crippen molar-refractivity contribution in [2.45, 2.75) is 20.0 Å². The molecule has 0 saturated heterocycles. The minimum absolute atomic E-state index is 0.253. The quantitative estimate of drug-likeness (QED) is 0.848. The van der Waals surface area contributed by atoms with E-state index in [9.17, 15) is 4.79 Å². The lowest BCUT2D eigenvalue weighted by atomic mass is 10.2. The fourth-order valence-corrected chi connectivity index (χ4v) is 1.86. The number of carbonyl (C=O) groups excluding carboxylic acids is 1. The number of halogens is 1. The Labute approximate surface area is 128 Å². The average Bonchev–Trinajstić information content (AvgIpc) is 2.45. The van der Waals surface area contributed by atoms with E-state index < -0.39 is 6.10 Å². The van der Waals surface area contributed by atoms with Gasteiger partial charge in [0.15, 0.2) is 6.10 Å². The van der Waals surface area contributed by atoms with Crippen molar-refractivity contribution in [3.05, 3.63) is 53.1 Å². The molecule has 4 nitrogen and oxygen atoms in total. The maximum absolute atomic E-state index is 12.1. The van der Waals surface area contributed by atoms with Gasteiger partial charge in [0.05, 0.1) is 10.7 Å². The highest BCUT2D eigenvalue weighted by atomic mass is 35.5. The first-order chi connectivity index (χ1) is 9.95. The number of hydrogen-bond acceptors (Lipinski definition) is 3. The summed E-state index contributed by atoms with van der Waals surface area (Å²) in [6.45, 7) is 3.68. The van der Waals surface area contributed by atoms with E-state index >= 15 is 0 Å². The fourth-order valence-electron chi connectivity index (χ4n) is 1.74. The minimum Gasteiger partial charge on any atom is -0.481 e. The minimum atomic E-state index is -0.621. The number of nitrogens with one attached hydrogen (secondary N) is 1. The van der Waals surface area contributed by atoms with E-state index in [-0.39, 0.29) is 5.91 Å². The number of amides is 1. The van der Waals surface area contributed by atoms with Crippen molar-refractivity contribution in [2.75, 3.05) is 11.1 Å². The van der Waals surface area contributed by atoms with Gasteiger partial charge in [-0.25, -0.2) is 0 Å². The Balaban J connectivity index is 1.98. The molecule has 0 aliphatic heterocycles. The van der Waals surface area contributed by atoms with Gasteiger partial charge < -0.3 is 15.8 Å². The molecule has 0 bridgehead atoms. The van der Waals surface area contributed by atoms with E-state index in [2.05, 4.69) is 5.32 Å². The topological polar surface area (TPSA) is 64.3 Å². The van der Waals surface area contributed by atoms with Crippen molar-refractivity contribution in [2.24, 2.45) is 0 Å². The van der Waals surface area contributed by atoms with Gasteiger partial charge in [-0.05, 0) is 44.2 Å². The molecule has 5 heteroatoms. The second-order valence-electron chi connectivity index (χ2n) is 4.80. The molecule has 0 radical (unpaired) electrons. The van der Waals surface area contributed by atoms with Crippen LogP contribution in [0.25, 0.3) is 0 Å². The van der Waals surface area contributed by atoms with E-state index in [1.54, 1.807) is 25.1 Å². The summed E-state index contributed by atoms with van der Waals surface area (Å²) in [5.41, 5.74) is 7.83. The number of rotatable bonds is 4. The van der Waals surface area contributed by atoms with Gasteiger partial charge in [0, 0.05) is 5.69 Å². The van der Waals surface area contributed by atoms with Crippen LogP contribution in [0.3, 0.4) is 0 Å². The van der Waals surface area contributed by atoms with Crippen molar-refractivity contribution in [1.29, 1.82) is 0 Å². The zero-order valence-electron chi connectivity index (χ0n) is 11.9. The van der Waals surface area contributed by atoms with Crippen LogP contribution >= 0.6 is 11.6 Å². The molecule has 2 aromatic rings. The van der Waals surface area contributed by atoms with Gasteiger partial charge in [-0.15, -0.1) is 0 Å². The third kappa shape index (κ3) is 4.13. The SMILES string of the molecule is Cc1ccc(OC(C)C(=O)Nc2ccc(Cl)c(N)c2)cc1. The molecule has 1 unspecified atom stereocenters. The predicted octanol–water partition coefficient (Wildman–Crippen LogP) is 3.64. The zero-order valence-corrected chi connectivity index (χ0v) is 12.6. The number of aryl methyl sites for hydroxylation is 1. The van der Waals surface area contributed by atoms with Crippen LogP contribution in [0.4, 0.5) is 11.4 Å². The lowest BCUT2D eigenvalue weighted by Crippen LogP contribution is -2.30. The van der Waals surface area contributed by atoms with Gasteiger partial charge in [0.1, 0.15) is 5.75 Å². The van der Waals surface area contributed by atoms with E-state index in [1.165, 1.54) is 0 Å². The highest BCUT2D eigenvalue weighted by molar-refractivity contribution is 6.33. The second-order valence-corrected chi connectivity index (χ2v) is 5.21. The molecule has 0 saturated carbocycles. The molecular weight excluding hydrogens is 288 g/mol. The Morgan fingerprint density at radius 2 is 1.90 bits per heavy atom. The molecule has 0 fully saturated rings. The van der Waals surface area contributed by atoms with E-state index in [0.717, 1.165) is 5.56 Å². The van der Waals surface area contributed by atoms with Crippen LogP contribution in [-0.4, -0.2) is 12.0 Å². The Bertz CT molecular complexity index is 641. The first-order valence-electron chi connectivity index (χ1n) is 6.55. The summed E-state index contributed by atoms with van der Waals surface area (Å²) < 4.78 is 5.59. The number of nitrogens with two attached hydrogens (primary N) is 1. The number of ether oxygens (including phenoxy) is 1. The van der Waals surface area contributed by atoms with Crippen molar-refractivity contribution in [3.63, 3.8) is 0 Å². The molecule has 0 spiro atoms. The molecule has 110 valence electrons. The maximum atomic E-state index is 12.1. The molecule has 0 aromatic heterocycles. The first-order valence-corrected chi connectivity index (χ1v) is 6.92. The summed E-state index contributed by atoms with van der Waals surface area (Å²) in [5.74, 6) is 0.399. The monoisotopic (exact) mass is 304 g/mol. The summed E-state index contributed by atoms with van der Waals surface area (Å²) in [6, 6.07) is 12.5. The van der Waals surface area contributed by atoms with Crippen molar-refractivity contribution >= 4 is 28.9 Å². The first kappa shape index (κ1) is 15.2. The van der Waals surface area contributed by atoms with Crippen LogP contribution in [-0.2, 0) is 4.79 Å². The van der Waals surface area contributed by atoms with Crippen LogP contribution < -0.4 is 15.8 Å². The van der Waals surface area contributed by atoms with Crippen molar-refractivity contribution < 1.29 is 9.53 Å². The van der Waals surface area contributed by atoms with Crippen LogP contribution in [0, 0.1) is 6.92 Å². The van der Waals surface area contributed by atoms with Gasteiger partial charge in [0.2, 0.25) is 0 Å². The Hall–Kier alpha value is -2.20. The number of nitrogen functional groups attached to an aromatic ring is 1. The van der Waals surface area contributed by atoms with Crippen LogP contribution in [0.2, 0.25) is 5.02 Å². The van der Waals surface area contributed by atoms with E-state index in [4.69, 9.17) is 22.1 Å². The molecule has 0 aliphatic rings. The normalized spacial score (nSPS) is 11.8. The number of benzene rings is 2. The van der Waals surface area contributed by atoms with Crippen molar-refractivity contribution in [1.82, 2.24) is 0 Å². The third-order valence-corrected chi connectivity index (χ3v) is 3.31. The Morgan fingerprint density at radius 1 is 1.24 bits per heavy atom. The largest absolute Gasteiger partial charge is 0.481 e. The molecule has 21 heavy (non-hydrogen) atoms. The summed E-state index contributed by atoms with van der Waals surface area (Å²) in [5, 5.41) is 3.19. The van der Waals surface area contributed by atoms with Gasteiger partial charge in [-0.1, -0.05) is 29.3 Å². The Morgan fingerprint density at radius 3 is 2.52 bits per heavy atom. The summed E-state index contributed by atoms with van der Waals surface area (Å²) in [7, 11) is 0. The predicted molar refractivity (Wildman–Crippen MR) is 85.8 cm³/mol. The second kappa shape index (κ2) is 6.50. The Kier molecular flexibility index (Phi) is 4.70. The number of hydrogen-bond donors (Lipinski definition) is 2. The van der Waals surface area contributed by atoms with E-state index in [1.807, 2.05) is 31.2 Å². The molecule has 2 rings (SSSR count). The molecule has 2 aromatic carbocycles. The lowest BCUT2D eigenvalue weighted by Gasteiger charge is -2.15. The van der Waals surface area contributed by atoms with Crippen LogP contribution in [0.5, 0.6) is 5.75 Å². The fraction of sp³-hybridized carbons (Fsp3) is 0.188. The molecule has 1 amide bonds. The number of anilines is 2. The molecule has 1 atom stereocenters. The lowest BCUT2D eigenvalue weighted by molar-refractivity contribution is -0.122. The molecule has 0 heterocycles. The van der Waals surface area contributed by atoms with Gasteiger partial charge in [-0.3, -0.25) is 4.79 Å². The van der Waals surface area contributed by atoms with Crippen LogP contribution in [0.15, 0.2) is 42.5 Å². The maximum Gasteiger partial charge on any atom is 0.265 e. The smallest absolute Gasteiger partial charge is 0.265 e. The summed E-state index contributed by atoms with van der Waals surface area (Å²) >= 11 is 5.84. The van der Waals surface area contributed by atoms with Crippen LogP contribution in [0.1, 0.15) is 12.5 Å². The highest BCUT2D eigenvalue weighted by Gasteiger charge is 2.15.